The summed E-state index contributed by atoms with van der Waals surface area (Å²) in [6, 6.07) is 5.55. The molecule has 3 nitrogen and oxygen atoms in total. The van der Waals surface area contributed by atoms with Crippen LogP contribution >= 0.6 is 0 Å². The average Bonchev–Trinajstić information content (AvgIpc) is 2.28. The normalized spacial score (nSPS) is 10.1. The van der Waals surface area contributed by atoms with E-state index in [2.05, 4.69) is 0 Å². The smallest absolute Gasteiger partial charge is 0.188 e. The highest BCUT2D eigenvalue weighted by molar-refractivity contribution is 5.98. The van der Waals surface area contributed by atoms with Crippen molar-refractivity contribution < 1.29 is 14.3 Å². The molecule has 0 N–H and O–H groups in total. The third-order valence-electron chi connectivity index (χ3n) is 2.27. The van der Waals surface area contributed by atoms with Gasteiger partial charge in [-0.25, -0.2) is 0 Å². The number of aryl methyl sites for hydroxylation is 1. The van der Waals surface area contributed by atoms with Crippen LogP contribution in [0.15, 0.2) is 18.2 Å². The zero-order chi connectivity index (χ0) is 11.3. The standard InChI is InChI=1S/C12H16O3/c1-4-9-5-6-10(15-3)7-11(9)12(13)8-14-2/h5-7H,4,8H2,1-3H3. The molecule has 0 aromatic heterocycles. The quantitative estimate of drug-likeness (QED) is 0.695. The lowest BCUT2D eigenvalue weighted by Gasteiger charge is -2.08. The Morgan fingerprint density at radius 3 is 2.60 bits per heavy atom. The lowest BCUT2D eigenvalue weighted by Crippen LogP contribution is -2.10. The number of ketones is 1. The number of Topliss-reactive ketones (excluding diaryl/α,β-unsaturated/α-hetero) is 1. The van der Waals surface area contributed by atoms with Gasteiger partial charge in [-0.3, -0.25) is 4.79 Å². The molecule has 0 amide bonds. The lowest BCUT2D eigenvalue weighted by molar-refractivity contribution is 0.0847. The number of rotatable bonds is 5. The minimum atomic E-state index is -0.00625. The van der Waals surface area contributed by atoms with E-state index in [4.69, 9.17) is 9.47 Å². The fraction of sp³-hybridized carbons (Fsp3) is 0.417. The zero-order valence-corrected chi connectivity index (χ0v) is 9.37. The number of carbonyl (C=O) groups is 1. The maximum atomic E-state index is 11.7. The summed E-state index contributed by atoms with van der Waals surface area (Å²) < 4.78 is 9.93. The van der Waals surface area contributed by atoms with Crippen molar-refractivity contribution in [2.75, 3.05) is 20.8 Å². The predicted molar refractivity (Wildman–Crippen MR) is 58.6 cm³/mol. The van der Waals surface area contributed by atoms with Crippen LogP contribution in [0.1, 0.15) is 22.8 Å². The Labute approximate surface area is 90.0 Å². The van der Waals surface area contributed by atoms with Gasteiger partial charge in [0.1, 0.15) is 12.4 Å². The van der Waals surface area contributed by atoms with Crippen LogP contribution in [0.25, 0.3) is 0 Å². The van der Waals surface area contributed by atoms with Crippen molar-refractivity contribution in [3.63, 3.8) is 0 Å². The molecule has 0 unspecified atom stereocenters. The van der Waals surface area contributed by atoms with Crippen LogP contribution in [0, 0.1) is 0 Å². The lowest BCUT2D eigenvalue weighted by atomic mass is 10.0. The van der Waals surface area contributed by atoms with Crippen molar-refractivity contribution >= 4 is 5.78 Å². The van der Waals surface area contributed by atoms with Crippen molar-refractivity contribution in [1.29, 1.82) is 0 Å². The van der Waals surface area contributed by atoms with E-state index in [0.717, 1.165) is 12.0 Å². The van der Waals surface area contributed by atoms with Crippen molar-refractivity contribution in [3.8, 4) is 5.75 Å². The van der Waals surface area contributed by atoms with E-state index in [1.807, 2.05) is 19.1 Å². The molecule has 0 saturated carbocycles. The molecular formula is C12H16O3. The molecule has 0 heterocycles. The van der Waals surface area contributed by atoms with Gasteiger partial charge in [-0.1, -0.05) is 13.0 Å². The molecule has 0 aliphatic heterocycles. The van der Waals surface area contributed by atoms with E-state index < -0.39 is 0 Å². The molecule has 1 aromatic rings. The number of carbonyl (C=O) groups excluding carboxylic acids is 1. The molecule has 82 valence electrons. The molecule has 0 fully saturated rings. The Bertz CT molecular complexity index is 345. The van der Waals surface area contributed by atoms with E-state index in [0.29, 0.717) is 11.3 Å². The molecule has 0 bridgehead atoms. The second-order valence-corrected chi connectivity index (χ2v) is 3.23. The summed E-state index contributed by atoms with van der Waals surface area (Å²) in [6.45, 7) is 2.13. The molecule has 0 saturated heterocycles. The monoisotopic (exact) mass is 208 g/mol. The Morgan fingerprint density at radius 1 is 1.33 bits per heavy atom. The summed E-state index contributed by atoms with van der Waals surface area (Å²) >= 11 is 0. The largest absolute Gasteiger partial charge is 0.497 e. The summed E-state index contributed by atoms with van der Waals surface area (Å²) in [5.41, 5.74) is 1.72. The van der Waals surface area contributed by atoms with Gasteiger partial charge >= 0.3 is 0 Å². The van der Waals surface area contributed by atoms with E-state index in [9.17, 15) is 4.79 Å². The highest BCUT2D eigenvalue weighted by Gasteiger charge is 2.11. The molecular weight excluding hydrogens is 192 g/mol. The first-order chi connectivity index (χ1) is 7.22. The summed E-state index contributed by atoms with van der Waals surface area (Å²) in [5, 5.41) is 0. The Kier molecular flexibility index (Phi) is 4.31. The van der Waals surface area contributed by atoms with Gasteiger partial charge in [0.15, 0.2) is 5.78 Å². The average molecular weight is 208 g/mol. The van der Waals surface area contributed by atoms with Crippen molar-refractivity contribution in [3.05, 3.63) is 29.3 Å². The zero-order valence-electron chi connectivity index (χ0n) is 9.37. The number of hydrogen-bond donors (Lipinski definition) is 0. The topological polar surface area (TPSA) is 35.5 Å². The van der Waals surface area contributed by atoms with E-state index in [-0.39, 0.29) is 12.4 Å². The van der Waals surface area contributed by atoms with E-state index in [1.54, 1.807) is 13.2 Å². The molecule has 15 heavy (non-hydrogen) atoms. The highest BCUT2D eigenvalue weighted by atomic mass is 16.5. The van der Waals surface area contributed by atoms with Gasteiger partial charge in [0.2, 0.25) is 0 Å². The molecule has 3 heteroatoms. The van der Waals surface area contributed by atoms with Crippen LogP contribution in [0.4, 0.5) is 0 Å². The summed E-state index contributed by atoms with van der Waals surface area (Å²) in [5.74, 6) is 0.694. The van der Waals surface area contributed by atoms with Gasteiger partial charge in [0, 0.05) is 12.7 Å². The summed E-state index contributed by atoms with van der Waals surface area (Å²) in [6.07, 6.45) is 0.828. The van der Waals surface area contributed by atoms with Gasteiger partial charge in [-0.15, -0.1) is 0 Å². The van der Waals surface area contributed by atoms with E-state index >= 15 is 0 Å². The van der Waals surface area contributed by atoms with Crippen molar-refractivity contribution in [2.24, 2.45) is 0 Å². The summed E-state index contributed by atoms with van der Waals surface area (Å²) in [4.78, 5) is 11.7. The van der Waals surface area contributed by atoms with Gasteiger partial charge in [-0.2, -0.15) is 0 Å². The fourth-order valence-electron chi connectivity index (χ4n) is 1.46. The molecule has 0 atom stereocenters. The molecule has 0 aliphatic carbocycles. The molecule has 0 spiro atoms. The number of hydrogen-bond acceptors (Lipinski definition) is 3. The molecule has 0 radical (unpaired) electrons. The van der Waals surface area contributed by atoms with Gasteiger partial charge < -0.3 is 9.47 Å². The maximum absolute atomic E-state index is 11.7. The van der Waals surface area contributed by atoms with Crippen LogP contribution in [0.5, 0.6) is 5.75 Å². The first-order valence-electron chi connectivity index (χ1n) is 4.92. The van der Waals surface area contributed by atoms with Crippen LogP contribution < -0.4 is 4.74 Å². The van der Waals surface area contributed by atoms with Crippen LogP contribution in [0.3, 0.4) is 0 Å². The number of methoxy groups -OCH3 is 2. The predicted octanol–water partition coefficient (Wildman–Crippen LogP) is 2.09. The third kappa shape index (κ3) is 2.80. The molecule has 0 aliphatic rings. The number of benzene rings is 1. The minimum absolute atomic E-state index is 0.00625. The third-order valence-corrected chi connectivity index (χ3v) is 2.27. The van der Waals surface area contributed by atoms with Crippen molar-refractivity contribution in [2.45, 2.75) is 13.3 Å². The van der Waals surface area contributed by atoms with Crippen LogP contribution in [-0.4, -0.2) is 26.6 Å². The van der Waals surface area contributed by atoms with Crippen LogP contribution in [0.2, 0.25) is 0 Å². The fourth-order valence-corrected chi connectivity index (χ4v) is 1.46. The molecule has 1 rings (SSSR count). The Morgan fingerprint density at radius 2 is 2.07 bits per heavy atom. The van der Waals surface area contributed by atoms with Gasteiger partial charge in [0.25, 0.3) is 0 Å². The SMILES string of the molecule is CCc1ccc(OC)cc1C(=O)COC. The Hall–Kier alpha value is -1.35. The van der Waals surface area contributed by atoms with Gasteiger partial charge in [0.05, 0.1) is 7.11 Å². The van der Waals surface area contributed by atoms with E-state index in [1.165, 1.54) is 7.11 Å². The Balaban J connectivity index is 3.05. The van der Waals surface area contributed by atoms with Crippen LogP contribution in [-0.2, 0) is 11.2 Å². The summed E-state index contributed by atoms with van der Waals surface area (Å²) in [7, 11) is 3.11. The van der Waals surface area contributed by atoms with Gasteiger partial charge in [-0.05, 0) is 24.1 Å². The first-order valence-corrected chi connectivity index (χ1v) is 4.92. The first kappa shape index (κ1) is 11.7. The minimum Gasteiger partial charge on any atom is -0.497 e. The second-order valence-electron chi connectivity index (χ2n) is 3.23. The maximum Gasteiger partial charge on any atom is 0.188 e. The number of ether oxygens (including phenoxy) is 2. The second kappa shape index (κ2) is 5.51. The molecule has 1 aromatic carbocycles. The van der Waals surface area contributed by atoms with Crippen molar-refractivity contribution in [1.82, 2.24) is 0 Å². The highest BCUT2D eigenvalue weighted by Crippen LogP contribution is 2.18.